The van der Waals surface area contributed by atoms with Crippen molar-refractivity contribution in [3.05, 3.63) is 113 Å². The summed E-state index contributed by atoms with van der Waals surface area (Å²) < 4.78 is 14.1. The SMILES string of the molecule is [2H]C1(c2ccccc2)C=Cn2c1c(C)[n+](-c1ccccc1C)c2-c1c(C)cccc1C. The molecule has 5 rings (SSSR count). The van der Waals surface area contributed by atoms with E-state index in [2.05, 4.69) is 97.6 Å². The highest BCUT2D eigenvalue weighted by molar-refractivity contribution is 5.68. The van der Waals surface area contributed by atoms with Crippen LogP contribution in [0.25, 0.3) is 23.3 Å². The Morgan fingerprint density at radius 3 is 2.10 bits per heavy atom. The van der Waals surface area contributed by atoms with Gasteiger partial charge in [-0.15, -0.1) is 0 Å². The number of nitrogens with zero attached hydrogens (tertiary/aromatic N) is 2. The summed E-state index contributed by atoms with van der Waals surface area (Å²) in [4.78, 5) is 0. The molecular formula is C28H27N2+. The molecule has 3 aromatic carbocycles. The lowest BCUT2D eigenvalue weighted by Crippen LogP contribution is -2.36. The number of hydrogen-bond acceptors (Lipinski definition) is 0. The summed E-state index contributed by atoms with van der Waals surface area (Å²) >= 11 is 0. The second-order valence-electron chi connectivity index (χ2n) is 8.11. The quantitative estimate of drug-likeness (QED) is 0.363. The maximum atomic E-state index is 9.52. The highest BCUT2D eigenvalue weighted by Gasteiger charge is 2.38. The lowest BCUT2D eigenvalue weighted by Gasteiger charge is -2.11. The molecule has 0 amide bonds. The van der Waals surface area contributed by atoms with Crippen molar-refractivity contribution in [2.45, 2.75) is 33.6 Å². The van der Waals surface area contributed by atoms with Crippen LogP contribution in [-0.4, -0.2) is 4.57 Å². The third kappa shape index (κ3) is 2.75. The van der Waals surface area contributed by atoms with E-state index in [1.807, 2.05) is 24.3 Å². The number of fused-ring (bicyclic) bond motifs is 1. The topological polar surface area (TPSA) is 8.81 Å². The molecule has 148 valence electrons. The van der Waals surface area contributed by atoms with E-state index >= 15 is 0 Å². The van der Waals surface area contributed by atoms with Crippen LogP contribution in [0, 0.1) is 27.7 Å². The number of aromatic nitrogens is 2. The van der Waals surface area contributed by atoms with Gasteiger partial charge in [-0.25, -0.2) is 0 Å². The lowest BCUT2D eigenvalue weighted by atomic mass is 9.96. The summed E-state index contributed by atoms with van der Waals surface area (Å²) in [5, 5.41) is 0. The van der Waals surface area contributed by atoms with Gasteiger partial charge in [0.25, 0.3) is 5.82 Å². The highest BCUT2D eigenvalue weighted by Crippen LogP contribution is 2.38. The van der Waals surface area contributed by atoms with E-state index in [-0.39, 0.29) is 0 Å². The predicted molar refractivity (Wildman–Crippen MR) is 124 cm³/mol. The molecule has 1 atom stereocenters. The predicted octanol–water partition coefficient (Wildman–Crippen LogP) is 6.28. The van der Waals surface area contributed by atoms with Gasteiger partial charge in [-0.05, 0) is 55.2 Å². The molecule has 0 fully saturated rings. The van der Waals surface area contributed by atoms with Crippen LogP contribution in [0.5, 0.6) is 0 Å². The van der Waals surface area contributed by atoms with E-state index in [1.165, 1.54) is 22.3 Å². The summed E-state index contributed by atoms with van der Waals surface area (Å²) in [6.07, 6.45) is 4.10. The Balaban J connectivity index is 1.91. The largest absolute Gasteiger partial charge is 0.299 e. The summed E-state index contributed by atoms with van der Waals surface area (Å²) in [5.41, 5.74) is 9.14. The molecule has 4 aromatic rings. The molecule has 1 aromatic heterocycles. The summed E-state index contributed by atoms with van der Waals surface area (Å²) in [6, 6.07) is 25.1. The fraction of sp³-hybridized carbons (Fsp3) is 0.179. The number of para-hydroxylation sites is 1. The van der Waals surface area contributed by atoms with Crippen molar-refractivity contribution < 1.29 is 5.94 Å². The second-order valence-corrected chi connectivity index (χ2v) is 8.11. The number of benzene rings is 3. The first-order chi connectivity index (χ1) is 14.9. The van der Waals surface area contributed by atoms with Gasteiger partial charge in [0.1, 0.15) is 5.69 Å². The molecule has 1 aliphatic heterocycles. The van der Waals surface area contributed by atoms with Crippen molar-refractivity contribution in [3.8, 4) is 17.1 Å². The zero-order valence-corrected chi connectivity index (χ0v) is 18.0. The normalized spacial score (nSPS) is 17.8. The molecule has 0 radical (unpaired) electrons. The van der Waals surface area contributed by atoms with Crippen molar-refractivity contribution in [3.63, 3.8) is 0 Å². The van der Waals surface area contributed by atoms with E-state index in [0.717, 1.165) is 28.5 Å². The Morgan fingerprint density at radius 2 is 1.40 bits per heavy atom. The summed E-state index contributed by atoms with van der Waals surface area (Å²) in [7, 11) is 0. The van der Waals surface area contributed by atoms with Crippen LogP contribution in [0.3, 0.4) is 0 Å². The van der Waals surface area contributed by atoms with Gasteiger partial charge in [-0.3, -0.25) is 0 Å². The van der Waals surface area contributed by atoms with Crippen LogP contribution in [0.4, 0.5) is 0 Å². The number of allylic oxidation sites excluding steroid dienone is 1. The van der Waals surface area contributed by atoms with Gasteiger partial charge in [0.15, 0.2) is 11.4 Å². The molecule has 1 aliphatic rings. The van der Waals surface area contributed by atoms with E-state index in [0.29, 0.717) is 0 Å². The van der Waals surface area contributed by atoms with Crippen LogP contribution in [0.1, 0.15) is 40.9 Å². The fourth-order valence-corrected chi connectivity index (χ4v) is 4.71. The number of hydrogen-bond donors (Lipinski definition) is 0. The monoisotopic (exact) mass is 392 g/mol. The van der Waals surface area contributed by atoms with Gasteiger partial charge < -0.3 is 0 Å². The molecule has 2 heteroatoms. The van der Waals surface area contributed by atoms with E-state index in [9.17, 15) is 1.37 Å². The van der Waals surface area contributed by atoms with Crippen molar-refractivity contribution >= 4 is 6.20 Å². The zero-order valence-electron chi connectivity index (χ0n) is 19.0. The van der Waals surface area contributed by atoms with E-state index in [1.54, 1.807) is 0 Å². The average molecular weight is 393 g/mol. The smallest absolute Gasteiger partial charge is 0.198 e. The molecule has 0 spiro atoms. The van der Waals surface area contributed by atoms with Crippen molar-refractivity contribution in [1.82, 2.24) is 4.57 Å². The minimum Gasteiger partial charge on any atom is -0.198 e. The molecule has 0 aliphatic carbocycles. The van der Waals surface area contributed by atoms with Crippen molar-refractivity contribution in [2.75, 3.05) is 0 Å². The van der Waals surface area contributed by atoms with Crippen LogP contribution in [-0.2, 0) is 0 Å². The zero-order chi connectivity index (χ0) is 21.8. The first kappa shape index (κ1) is 17.5. The van der Waals surface area contributed by atoms with Crippen molar-refractivity contribution in [2.24, 2.45) is 0 Å². The maximum Gasteiger partial charge on any atom is 0.299 e. The Labute approximate surface area is 180 Å². The molecule has 0 saturated heterocycles. The molecule has 2 heterocycles. The molecular weight excluding hydrogens is 364 g/mol. The molecule has 0 bridgehead atoms. The van der Waals surface area contributed by atoms with E-state index in [4.69, 9.17) is 0 Å². The van der Waals surface area contributed by atoms with Gasteiger partial charge in [0, 0.05) is 8.29 Å². The molecule has 0 saturated carbocycles. The minimum atomic E-state index is -0.926. The maximum absolute atomic E-state index is 9.52. The first-order valence-electron chi connectivity index (χ1n) is 11.0. The molecule has 1 unspecified atom stereocenters. The number of imidazole rings is 1. The summed E-state index contributed by atoms with van der Waals surface area (Å²) in [6.45, 7) is 8.64. The molecule has 2 nitrogen and oxygen atoms in total. The van der Waals surface area contributed by atoms with Crippen LogP contribution in [0.15, 0.2) is 78.9 Å². The van der Waals surface area contributed by atoms with Gasteiger partial charge in [-0.2, -0.15) is 9.13 Å². The third-order valence-corrected chi connectivity index (χ3v) is 6.15. The summed E-state index contributed by atoms with van der Waals surface area (Å²) in [5.74, 6) is 0.184. The van der Waals surface area contributed by atoms with Crippen molar-refractivity contribution in [1.29, 1.82) is 0 Å². The lowest BCUT2D eigenvalue weighted by molar-refractivity contribution is -0.590. The van der Waals surface area contributed by atoms with Gasteiger partial charge >= 0.3 is 0 Å². The Bertz CT molecular complexity index is 1310. The van der Waals surface area contributed by atoms with Crippen LogP contribution < -0.4 is 4.57 Å². The first-order valence-corrected chi connectivity index (χ1v) is 10.5. The average Bonchev–Trinajstić information content (AvgIpc) is 3.26. The third-order valence-electron chi connectivity index (χ3n) is 6.15. The minimum absolute atomic E-state index is 0.926. The van der Waals surface area contributed by atoms with Crippen LogP contribution in [0.2, 0.25) is 0 Å². The van der Waals surface area contributed by atoms with Gasteiger partial charge in [0.2, 0.25) is 0 Å². The molecule has 30 heavy (non-hydrogen) atoms. The fourth-order valence-electron chi connectivity index (χ4n) is 4.71. The highest BCUT2D eigenvalue weighted by atomic mass is 15.2. The van der Waals surface area contributed by atoms with E-state index < -0.39 is 5.89 Å². The molecule has 0 N–H and O–H groups in total. The number of aryl methyl sites for hydroxylation is 3. The van der Waals surface area contributed by atoms with Gasteiger partial charge in [0.05, 0.1) is 17.7 Å². The Morgan fingerprint density at radius 1 is 0.767 bits per heavy atom. The second kappa shape index (κ2) is 7.14. The number of rotatable bonds is 3. The van der Waals surface area contributed by atoms with Gasteiger partial charge in [-0.1, -0.05) is 66.7 Å². The van der Waals surface area contributed by atoms with Crippen LogP contribution >= 0.6 is 0 Å². The Kier molecular flexibility index (Phi) is 4.16. The Hall–Kier alpha value is -3.39. The standard InChI is InChI=1S/C28H27N2/c1-19-11-8-9-16-25(19)30-22(4)27-24(23-14-6-5-7-15-23)17-18-29(27)28(30)26-20(2)12-10-13-21(26)3/h5-18,24H,1-4H3/q+1/i24D.